The Labute approximate surface area is 207 Å². The number of nitro groups is 1. The first-order valence-corrected chi connectivity index (χ1v) is 10.7. The summed E-state index contributed by atoms with van der Waals surface area (Å²) in [6.45, 7) is -0.0717. The number of hydrogen-bond donors (Lipinski definition) is 1. The van der Waals surface area contributed by atoms with Gasteiger partial charge in [-0.05, 0) is 48.0 Å². The summed E-state index contributed by atoms with van der Waals surface area (Å²) >= 11 is 5.84. The fraction of sp³-hybridized carbons (Fsp3) is 0.167. The first-order chi connectivity index (χ1) is 17.0. The molecule has 3 aromatic rings. The Kier molecular flexibility index (Phi) is 8.49. The van der Waals surface area contributed by atoms with E-state index in [1.807, 2.05) is 0 Å². The van der Waals surface area contributed by atoms with E-state index in [4.69, 9.17) is 21.1 Å². The van der Waals surface area contributed by atoms with E-state index in [-0.39, 0.29) is 35.8 Å². The van der Waals surface area contributed by atoms with Gasteiger partial charge in [0.05, 0.1) is 27.6 Å². The lowest BCUT2D eigenvalue weighted by atomic mass is 10.2. The van der Waals surface area contributed by atoms with Gasteiger partial charge in [-0.3, -0.25) is 19.7 Å². The second-order valence-corrected chi connectivity index (χ2v) is 7.81. The molecule has 3 aromatic carbocycles. The SMILES string of the molecule is O=C(CCC(=O)OCc1ccc(Oc2ccc([N+](=O)[O-])cc2)cc1)Nc1cc(C(F)(F)F)ccc1Cl. The van der Waals surface area contributed by atoms with Crippen LogP contribution >= 0.6 is 11.6 Å². The zero-order valence-corrected chi connectivity index (χ0v) is 19.1. The Morgan fingerprint density at radius 3 is 2.14 bits per heavy atom. The van der Waals surface area contributed by atoms with Crippen molar-refractivity contribution in [1.82, 2.24) is 0 Å². The molecule has 0 saturated heterocycles. The summed E-state index contributed by atoms with van der Waals surface area (Å²) in [5.41, 5.74) is -0.595. The maximum atomic E-state index is 12.8. The van der Waals surface area contributed by atoms with Gasteiger partial charge in [0.2, 0.25) is 5.91 Å². The maximum absolute atomic E-state index is 12.8. The number of nitrogens with zero attached hydrogens (tertiary/aromatic N) is 1. The lowest BCUT2D eigenvalue weighted by Gasteiger charge is -2.11. The number of alkyl halides is 3. The van der Waals surface area contributed by atoms with Crippen LogP contribution in [0.2, 0.25) is 5.02 Å². The van der Waals surface area contributed by atoms with Crippen molar-refractivity contribution in [2.45, 2.75) is 25.6 Å². The molecule has 0 aromatic heterocycles. The van der Waals surface area contributed by atoms with Crippen molar-refractivity contribution in [3.8, 4) is 11.5 Å². The highest BCUT2D eigenvalue weighted by atomic mass is 35.5. The van der Waals surface area contributed by atoms with Gasteiger partial charge in [-0.2, -0.15) is 13.2 Å². The van der Waals surface area contributed by atoms with Gasteiger partial charge in [-0.25, -0.2) is 0 Å². The third kappa shape index (κ3) is 7.70. The predicted octanol–water partition coefficient (Wildman–Crippen LogP) is 6.52. The molecule has 12 heteroatoms. The number of ether oxygens (including phenoxy) is 2. The third-order valence-electron chi connectivity index (χ3n) is 4.73. The number of hydrogen-bond acceptors (Lipinski definition) is 6. The summed E-state index contributed by atoms with van der Waals surface area (Å²) in [5.74, 6) is -0.499. The largest absolute Gasteiger partial charge is 0.461 e. The van der Waals surface area contributed by atoms with Crippen LogP contribution in [-0.2, 0) is 27.1 Å². The molecule has 0 bridgehead atoms. The molecule has 36 heavy (non-hydrogen) atoms. The van der Waals surface area contributed by atoms with E-state index in [1.165, 1.54) is 24.3 Å². The first-order valence-electron chi connectivity index (χ1n) is 10.3. The van der Waals surface area contributed by atoms with Gasteiger partial charge < -0.3 is 14.8 Å². The van der Waals surface area contributed by atoms with Gasteiger partial charge in [-0.1, -0.05) is 23.7 Å². The molecule has 0 aliphatic rings. The molecule has 0 spiro atoms. The molecule has 0 aliphatic carbocycles. The standard InChI is InChI=1S/C24H18ClF3N2O6/c25-20-10-3-16(24(26,27)28)13-21(20)29-22(31)11-12-23(32)35-14-15-1-6-18(7-2-15)36-19-8-4-17(5-9-19)30(33)34/h1-10,13H,11-12,14H2,(H,29,31). The number of esters is 1. The maximum Gasteiger partial charge on any atom is 0.416 e. The van der Waals surface area contributed by atoms with Crippen molar-refractivity contribution in [2.75, 3.05) is 5.32 Å². The highest BCUT2D eigenvalue weighted by Gasteiger charge is 2.31. The monoisotopic (exact) mass is 522 g/mol. The van der Waals surface area contributed by atoms with Crippen molar-refractivity contribution in [2.24, 2.45) is 0 Å². The van der Waals surface area contributed by atoms with E-state index in [1.54, 1.807) is 24.3 Å². The van der Waals surface area contributed by atoms with Gasteiger partial charge in [0.25, 0.3) is 5.69 Å². The van der Waals surface area contributed by atoms with Crippen molar-refractivity contribution in [3.63, 3.8) is 0 Å². The van der Waals surface area contributed by atoms with E-state index in [2.05, 4.69) is 5.32 Å². The number of anilines is 1. The number of amides is 1. The van der Waals surface area contributed by atoms with Crippen molar-refractivity contribution in [1.29, 1.82) is 0 Å². The topological polar surface area (TPSA) is 108 Å². The number of non-ortho nitro benzene ring substituents is 1. The summed E-state index contributed by atoms with van der Waals surface area (Å²) in [5, 5.41) is 12.9. The number of benzene rings is 3. The van der Waals surface area contributed by atoms with Gasteiger partial charge in [0, 0.05) is 18.6 Å². The van der Waals surface area contributed by atoms with Gasteiger partial charge in [0.15, 0.2) is 0 Å². The van der Waals surface area contributed by atoms with Crippen molar-refractivity contribution < 1.29 is 37.2 Å². The van der Waals surface area contributed by atoms with Crippen LogP contribution in [-0.4, -0.2) is 16.8 Å². The number of nitro benzene ring substituents is 1. The fourth-order valence-electron chi connectivity index (χ4n) is 2.89. The lowest BCUT2D eigenvalue weighted by Crippen LogP contribution is -2.15. The first kappa shape index (κ1) is 26.5. The van der Waals surface area contributed by atoms with E-state index in [0.717, 1.165) is 12.1 Å². The second kappa shape index (κ2) is 11.5. The number of rotatable bonds is 9. The van der Waals surface area contributed by atoms with Crippen LogP contribution in [0.15, 0.2) is 66.7 Å². The Morgan fingerprint density at radius 2 is 1.56 bits per heavy atom. The average molecular weight is 523 g/mol. The number of carbonyl (C=O) groups excluding carboxylic acids is 2. The fourth-order valence-corrected chi connectivity index (χ4v) is 3.05. The summed E-state index contributed by atoms with van der Waals surface area (Å²) in [7, 11) is 0. The molecule has 1 amide bonds. The van der Waals surface area contributed by atoms with E-state index in [0.29, 0.717) is 23.1 Å². The van der Waals surface area contributed by atoms with Gasteiger partial charge in [0.1, 0.15) is 18.1 Å². The van der Waals surface area contributed by atoms with Crippen LogP contribution < -0.4 is 10.1 Å². The van der Waals surface area contributed by atoms with Crippen molar-refractivity contribution >= 4 is 34.9 Å². The van der Waals surface area contributed by atoms with Crippen LogP contribution in [0, 0.1) is 10.1 Å². The lowest BCUT2D eigenvalue weighted by molar-refractivity contribution is -0.384. The molecule has 3 rings (SSSR count). The van der Waals surface area contributed by atoms with Crippen molar-refractivity contribution in [3.05, 3.63) is 93.0 Å². The van der Waals surface area contributed by atoms with Crippen LogP contribution in [0.4, 0.5) is 24.5 Å². The number of halogens is 4. The van der Waals surface area contributed by atoms with Crippen LogP contribution in [0.1, 0.15) is 24.0 Å². The molecule has 0 aliphatic heterocycles. The Morgan fingerprint density at radius 1 is 0.944 bits per heavy atom. The molecule has 0 saturated carbocycles. The number of nitrogens with one attached hydrogen (secondary N) is 1. The highest BCUT2D eigenvalue weighted by Crippen LogP contribution is 2.34. The van der Waals surface area contributed by atoms with E-state index >= 15 is 0 Å². The Hall–Kier alpha value is -4.12. The second-order valence-electron chi connectivity index (χ2n) is 7.40. The average Bonchev–Trinajstić information content (AvgIpc) is 2.83. The third-order valence-corrected chi connectivity index (χ3v) is 5.06. The van der Waals surface area contributed by atoms with E-state index < -0.39 is 28.5 Å². The van der Waals surface area contributed by atoms with Crippen LogP contribution in [0.3, 0.4) is 0 Å². The molecule has 0 radical (unpaired) electrons. The molecular formula is C24H18ClF3N2O6. The van der Waals surface area contributed by atoms with E-state index in [9.17, 15) is 32.9 Å². The molecule has 1 N–H and O–H groups in total. The molecule has 0 heterocycles. The quantitative estimate of drug-likeness (QED) is 0.195. The minimum Gasteiger partial charge on any atom is -0.461 e. The summed E-state index contributed by atoms with van der Waals surface area (Å²) < 4.78 is 49.2. The predicted molar refractivity (Wildman–Crippen MR) is 124 cm³/mol. The highest BCUT2D eigenvalue weighted by molar-refractivity contribution is 6.33. The Balaban J connectivity index is 1.44. The van der Waals surface area contributed by atoms with Crippen LogP contribution in [0.5, 0.6) is 11.5 Å². The zero-order valence-electron chi connectivity index (χ0n) is 18.4. The Bertz CT molecular complexity index is 1250. The summed E-state index contributed by atoms with van der Waals surface area (Å²) in [4.78, 5) is 34.2. The zero-order chi connectivity index (χ0) is 26.3. The smallest absolute Gasteiger partial charge is 0.416 e. The summed E-state index contributed by atoms with van der Waals surface area (Å²) in [6.07, 6.45) is -5.19. The molecular weight excluding hydrogens is 505 g/mol. The molecule has 0 unspecified atom stereocenters. The summed E-state index contributed by atoms with van der Waals surface area (Å²) in [6, 6.07) is 14.6. The minimum atomic E-state index is -4.59. The van der Waals surface area contributed by atoms with Crippen LogP contribution in [0.25, 0.3) is 0 Å². The van der Waals surface area contributed by atoms with Gasteiger partial charge in [-0.15, -0.1) is 0 Å². The molecule has 8 nitrogen and oxygen atoms in total. The van der Waals surface area contributed by atoms with Gasteiger partial charge >= 0.3 is 12.1 Å². The molecule has 188 valence electrons. The molecule has 0 fully saturated rings. The minimum absolute atomic E-state index is 0.0588. The molecule has 0 atom stereocenters. The number of carbonyl (C=O) groups is 2. The normalized spacial score (nSPS) is 11.0.